The summed E-state index contributed by atoms with van der Waals surface area (Å²) < 4.78 is 5.64. The van der Waals surface area contributed by atoms with Crippen LogP contribution in [0.25, 0.3) is 0 Å². The monoisotopic (exact) mass is 296 g/mol. The van der Waals surface area contributed by atoms with Gasteiger partial charge in [0.2, 0.25) is 0 Å². The third-order valence-corrected chi connectivity index (χ3v) is 6.76. The van der Waals surface area contributed by atoms with Crippen LogP contribution >= 0.6 is 0 Å². The first-order valence-corrected chi connectivity index (χ1v) is 8.63. The number of nitrogens with one attached hydrogen (secondary N) is 1. The van der Waals surface area contributed by atoms with E-state index >= 15 is 0 Å². The number of ether oxygens (including phenoxy) is 1. The molecule has 1 spiro atoms. The second-order valence-electron chi connectivity index (χ2n) is 7.32. The molecule has 1 aromatic rings. The van der Waals surface area contributed by atoms with Crippen molar-refractivity contribution in [3.8, 4) is 5.75 Å². The van der Waals surface area contributed by atoms with Crippen molar-refractivity contribution in [1.82, 2.24) is 4.90 Å². The van der Waals surface area contributed by atoms with Gasteiger partial charge in [0.05, 0.1) is 12.8 Å². The summed E-state index contributed by atoms with van der Waals surface area (Å²) in [4.78, 5) is 2.74. The van der Waals surface area contributed by atoms with E-state index in [2.05, 4.69) is 41.4 Å². The first kappa shape index (κ1) is 13.0. The number of benzene rings is 1. The van der Waals surface area contributed by atoms with Crippen LogP contribution in [0.5, 0.6) is 5.75 Å². The lowest BCUT2D eigenvalue weighted by Gasteiger charge is -2.52. The summed E-state index contributed by atoms with van der Waals surface area (Å²) in [6, 6.07) is 7.79. The number of hydrogen-bond acceptors (Lipinski definition) is 3. The molecular weight excluding hydrogens is 272 g/mol. The molecule has 1 N–H and O–H groups in total. The Labute approximate surface area is 132 Å². The van der Waals surface area contributed by atoms with Crippen molar-refractivity contribution in [3.63, 3.8) is 0 Å². The van der Waals surface area contributed by atoms with Gasteiger partial charge in [0, 0.05) is 17.5 Å². The minimum atomic E-state index is 0.267. The largest absolute Gasteiger partial charge is 0.495 e. The second kappa shape index (κ2) is 4.29. The Morgan fingerprint density at radius 3 is 3.09 bits per heavy atom. The van der Waals surface area contributed by atoms with Crippen molar-refractivity contribution in [3.05, 3.63) is 35.4 Å². The number of piperidine rings is 1. The SMILES string of the molecule is CC=C1C2CCN3CCC4(c5cccc(OC)c5NC4C2)C13. The van der Waals surface area contributed by atoms with Gasteiger partial charge in [-0.1, -0.05) is 23.8 Å². The van der Waals surface area contributed by atoms with Crippen LogP contribution in [-0.4, -0.2) is 37.2 Å². The van der Waals surface area contributed by atoms with Crippen LogP contribution in [0.1, 0.15) is 31.7 Å². The lowest BCUT2D eigenvalue weighted by Crippen LogP contribution is -2.58. The molecule has 2 bridgehead atoms. The molecule has 22 heavy (non-hydrogen) atoms. The highest BCUT2D eigenvalue weighted by atomic mass is 16.5. The van der Waals surface area contributed by atoms with Crippen molar-refractivity contribution >= 4 is 5.69 Å². The van der Waals surface area contributed by atoms with Crippen LogP contribution in [0.3, 0.4) is 0 Å². The van der Waals surface area contributed by atoms with Gasteiger partial charge in [-0.3, -0.25) is 4.90 Å². The normalized spacial score (nSPS) is 40.3. The standard InChI is InChI=1S/C19H24N2O/c1-3-13-12-7-9-21-10-8-19(18(13)21)14-5-4-6-15(22-2)17(14)20-16(19)11-12/h3-6,12,16,18,20H,7-11H2,1-2H3. The number of hydrogen-bond donors (Lipinski definition) is 1. The van der Waals surface area contributed by atoms with E-state index in [9.17, 15) is 0 Å². The molecule has 3 aliphatic heterocycles. The Hall–Kier alpha value is -1.48. The molecule has 1 aromatic carbocycles. The zero-order valence-corrected chi connectivity index (χ0v) is 13.4. The Morgan fingerprint density at radius 1 is 1.36 bits per heavy atom. The summed E-state index contributed by atoms with van der Waals surface area (Å²) in [5.41, 5.74) is 4.74. The molecule has 2 saturated heterocycles. The molecule has 3 heterocycles. The molecule has 4 aliphatic rings. The van der Waals surface area contributed by atoms with Gasteiger partial charge in [0.15, 0.2) is 0 Å². The maximum absolute atomic E-state index is 5.64. The molecular formula is C19H24N2O. The van der Waals surface area contributed by atoms with Gasteiger partial charge in [0.25, 0.3) is 0 Å². The van der Waals surface area contributed by atoms with E-state index in [1.807, 2.05) is 0 Å². The van der Waals surface area contributed by atoms with E-state index in [1.54, 1.807) is 12.7 Å². The molecule has 1 aliphatic carbocycles. The Morgan fingerprint density at radius 2 is 2.27 bits per heavy atom. The molecule has 0 radical (unpaired) electrons. The van der Waals surface area contributed by atoms with Gasteiger partial charge in [-0.05, 0) is 56.8 Å². The highest BCUT2D eigenvalue weighted by molar-refractivity contribution is 5.72. The van der Waals surface area contributed by atoms with E-state index in [0.717, 1.165) is 11.7 Å². The molecule has 4 unspecified atom stereocenters. The lowest BCUT2D eigenvalue weighted by atomic mass is 9.58. The Balaban J connectivity index is 1.74. The number of fused-ring (bicyclic) bond motifs is 2. The van der Waals surface area contributed by atoms with Crippen molar-refractivity contribution in [2.75, 3.05) is 25.5 Å². The molecule has 5 rings (SSSR count). The van der Waals surface area contributed by atoms with E-state index in [4.69, 9.17) is 4.74 Å². The van der Waals surface area contributed by atoms with E-state index in [1.165, 1.54) is 43.6 Å². The highest BCUT2D eigenvalue weighted by Crippen LogP contribution is 2.61. The highest BCUT2D eigenvalue weighted by Gasteiger charge is 2.63. The van der Waals surface area contributed by atoms with Gasteiger partial charge in [0.1, 0.15) is 5.75 Å². The average Bonchev–Trinajstić information content (AvgIpc) is 3.10. The summed E-state index contributed by atoms with van der Waals surface area (Å²) in [7, 11) is 1.79. The number of methoxy groups -OCH3 is 1. The number of anilines is 1. The Bertz CT molecular complexity index is 667. The molecule has 0 amide bonds. The molecule has 3 fully saturated rings. The fraction of sp³-hybridized carbons (Fsp3) is 0.579. The Kier molecular flexibility index (Phi) is 2.53. The van der Waals surface area contributed by atoms with Crippen molar-refractivity contribution in [1.29, 1.82) is 0 Å². The number of rotatable bonds is 1. The maximum Gasteiger partial charge on any atom is 0.142 e. The summed E-state index contributed by atoms with van der Waals surface area (Å²) in [5, 5.41) is 3.87. The summed E-state index contributed by atoms with van der Waals surface area (Å²) in [5.74, 6) is 1.78. The molecule has 4 atom stereocenters. The molecule has 3 nitrogen and oxygen atoms in total. The first-order valence-electron chi connectivity index (χ1n) is 8.63. The van der Waals surface area contributed by atoms with E-state index in [-0.39, 0.29) is 5.41 Å². The van der Waals surface area contributed by atoms with Crippen LogP contribution < -0.4 is 10.1 Å². The topological polar surface area (TPSA) is 24.5 Å². The smallest absolute Gasteiger partial charge is 0.142 e. The number of nitrogens with zero attached hydrogens (tertiary/aromatic N) is 1. The van der Waals surface area contributed by atoms with Crippen molar-refractivity contribution < 1.29 is 4.74 Å². The maximum atomic E-state index is 5.64. The minimum absolute atomic E-state index is 0.267. The van der Waals surface area contributed by atoms with Crippen molar-refractivity contribution in [2.24, 2.45) is 5.92 Å². The summed E-state index contributed by atoms with van der Waals surface area (Å²) in [6.07, 6.45) is 6.31. The predicted molar refractivity (Wildman–Crippen MR) is 88.5 cm³/mol. The molecule has 0 aromatic heterocycles. The number of para-hydroxylation sites is 1. The van der Waals surface area contributed by atoms with Gasteiger partial charge >= 0.3 is 0 Å². The van der Waals surface area contributed by atoms with Gasteiger partial charge in [-0.25, -0.2) is 0 Å². The van der Waals surface area contributed by atoms with Crippen LogP contribution in [-0.2, 0) is 5.41 Å². The fourth-order valence-corrected chi connectivity index (χ4v) is 5.96. The second-order valence-corrected chi connectivity index (χ2v) is 7.32. The van der Waals surface area contributed by atoms with Crippen LogP contribution in [0.2, 0.25) is 0 Å². The minimum Gasteiger partial charge on any atom is -0.495 e. The zero-order chi connectivity index (χ0) is 14.9. The quantitative estimate of drug-likeness (QED) is 0.806. The van der Waals surface area contributed by atoms with Crippen molar-refractivity contribution in [2.45, 2.75) is 43.7 Å². The van der Waals surface area contributed by atoms with Crippen LogP contribution in [0.15, 0.2) is 29.8 Å². The third kappa shape index (κ3) is 1.32. The summed E-state index contributed by atoms with van der Waals surface area (Å²) in [6.45, 7) is 4.76. The zero-order valence-electron chi connectivity index (χ0n) is 13.4. The fourth-order valence-electron chi connectivity index (χ4n) is 5.96. The molecule has 116 valence electrons. The van der Waals surface area contributed by atoms with Gasteiger partial charge in [-0.2, -0.15) is 0 Å². The average molecular weight is 296 g/mol. The van der Waals surface area contributed by atoms with E-state index < -0.39 is 0 Å². The van der Waals surface area contributed by atoms with Gasteiger partial charge < -0.3 is 10.1 Å². The number of allylic oxidation sites excluding steroid dienone is 1. The predicted octanol–water partition coefficient (Wildman–Crippen LogP) is 3.17. The third-order valence-electron chi connectivity index (χ3n) is 6.76. The van der Waals surface area contributed by atoms with Gasteiger partial charge in [-0.15, -0.1) is 0 Å². The lowest BCUT2D eigenvalue weighted by molar-refractivity contribution is 0.124. The molecule has 1 saturated carbocycles. The van der Waals surface area contributed by atoms with E-state index in [0.29, 0.717) is 12.1 Å². The van der Waals surface area contributed by atoms with Crippen LogP contribution in [0, 0.1) is 5.92 Å². The first-order chi connectivity index (χ1) is 10.8. The summed E-state index contributed by atoms with van der Waals surface area (Å²) >= 11 is 0. The van der Waals surface area contributed by atoms with Crippen LogP contribution in [0.4, 0.5) is 5.69 Å². The molecule has 3 heteroatoms.